The minimum absolute atomic E-state index is 0.259. The number of para-hydroxylation sites is 1. The van der Waals surface area contributed by atoms with Crippen LogP contribution in [0.1, 0.15) is 20.7 Å². The van der Waals surface area contributed by atoms with E-state index in [0.29, 0.717) is 32.3 Å². The van der Waals surface area contributed by atoms with Crippen LogP contribution in [0.15, 0.2) is 53.1 Å². The molecule has 0 radical (unpaired) electrons. The van der Waals surface area contributed by atoms with Crippen LogP contribution in [0.25, 0.3) is 10.9 Å². The van der Waals surface area contributed by atoms with Gasteiger partial charge < -0.3 is 4.74 Å². The maximum Gasteiger partial charge on any atom is 0.267 e. The SMILES string of the molecule is COc1ccc(C(=O)n2cc(C(=O)NN)c3ccccc32)cc1Br. The molecule has 0 fully saturated rings. The molecule has 0 saturated carbocycles. The van der Waals surface area contributed by atoms with Crippen molar-refractivity contribution in [1.29, 1.82) is 0 Å². The van der Waals surface area contributed by atoms with Crippen molar-refractivity contribution in [2.24, 2.45) is 5.84 Å². The van der Waals surface area contributed by atoms with E-state index in [4.69, 9.17) is 10.6 Å². The number of hydrogen-bond acceptors (Lipinski definition) is 4. The molecule has 7 heteroatoms. The quantitative estimate of drug-likeness (QED) is 0.411. The van der Waals surface area contributed by atoms with Crippen LogP contribution in [-0.2, 0) is 0 Å². The number of nitrogen functional groups attached to an aromatic ring is 1. The number of amides is 1. The molecule has 0 atom stereocenters. The van der Waals surface area contributed by atoms with Crippen molar-refractivity contribution < 1.29 is 14.3 Å². The van der Waals surface area contributed by atoms with Gasteiger partial charge in [-0.25, -0.2) is 5.84 Å². The number of hydrazine groups is 1. The lowest BCUT2D eigenvalue weighted by atomic mass is 10.1. The van der Waals surface area contributed by atoms with Gasteiger partial charge in [-0.1, -0.05) is 18.2 Å². The lowest BCUT2D eigenvalue weighted by Crippen LogP contribution is -2.29. The smallest absolute Gasteiger partial charge is 0.267 e. The molecular formula is C17H14BrN3O3. The molecule has 3 N–H and O–H groups in total. The third-order valence-corrected chi connectivity index (χ3v) is 4.32. The summed E-state index contributed by atoms with van der Waals surface area (Å²) in [6.07, 6.45) is 1.49. The molecule has 0 saturated heterocycles. The van der Waals surface area contributed by atoms with Crippen molar-refractivity contribution in [2.75, 3.05) is 7.11 Å². The summed E-state index contributed by atoms with van der Waals surface area (Å²) in [4.78, 5) is 24.8. The van der Waals surface area contributed by atoms with Gasteiger partial charge in [0.15, 0.2) is 0 Å². The minimum atomic E-state index is -0.450. The fraction of sp³-hybridized carbons (Fsp3) is 0.0588. The van der Waals surface area contributed by atoms with Gasteiger partial charge >= 0.3 is 0 Å². The molecule has 0 aliphatic rings. The monoisotopic (exact) mass is 387 g/mol. The number of fused-ring (bicyclic) bond motifs is 1. The summed E-state index contributed by atoms with van der Waals surface area (Å²) in [5.74, 6) is 5.15. The first kappa shape index (κ1) is 16.2. The Labute approximate surface area is 146 Å². The molecule has 3 rings (SSSR count). The van der Waals surface area contributed by atoms with Crippen LogP contribution in [0.3, 0.4) is 0 Å². The second-order valence-corrected chi connectivity index (χ2v) is 5.91. The van der Waals surface area contributed by atoms with Gasteiger partial charge in [-0.3, -0.25) is 19.6 Å². The molecule has 6 nitrogen and oxygen atoms in total. The number of halogens is 1. The summed E-state index contributed by atoms with van der Waals surface area (Å²) in [6, 6.07) is 12.2. The number of nitrogens with zero attached hydrogens (tertiary/aromatic N) is 1. The Morgan fingerprint density at radius 2 is 1.96 bits per heavy atom. The maximum atomic E-state index is 12.9. The average molecular weight is 388 g/mol. The Hall–Kier alpha value is -2.64. The fourth-order valence-electron chi connectivity index (χ4n) is 2.54. The highest BCUT2D eigenvalue weighted by Crippen LogP contribution is 2.27. The lowest BCUT2D eigenvalue weighted by Gasteiger charge is -2.07. The van der Waals surface area contributed by atoms with E-state index in [1.54, 1.807) is 49.6 Å². The van der Waals surface area contributed by atoms with Crippen molar-refractivity contribution >= 4 is 38.6 Å². The number of nitrogens with two attached hydrogens (primary N) is 1. The molecule has 1 amide bonds. The molecule has 2 aromatic carbocycles. The highest BCUT2D eigenvalue weighted by molar-refractivity contribution is 9.10. The second kappa shape index (κ2) is 6.46. The van der Waals surface area contributed by atoms with Gasteiger partial charge in [0.1, 0.15) is 5.75 Å². The molecule has 1 aromatic heterocycles. The van der Waals surface area contributed by atoms with Gasteiger partial charge in [0, 0.05) is 17.1 Å². The molecule has 3 aromatic rings. The zero-order chi connectivity index (χ0) is 17.3. The Kier molecular flexibility index (Phi) is 4.37. The largest absolute Gasteiger partial charge is 0.496 e. The maximum absolute atomic E-state index is 12.9. The van der Waals surface area contributed by atoms with E-state index in [1.165, 1.54) is 10.8 Å². The van der Waals surface area contributed by atoms with Gasteiger partial charge in [0.05, 0.1) is 22.7 Å². The number of nitrogens with one attached hydrogen (secondary N) is 1. The highest BCUT2D eigenvalue weighted by Gasteiger charge is 2.19. The molecule has 0 unspecified atom stereocenters. The number of benzene rings is 2. The number of carbonyl (C=O) groups is 2. The van der Waals surface area contributed by atoms with Gasteiger partial charge in [0.25, 0.3) is 11.8 Å². The molecule has 1 heterocycles. The zero-order valence-corrected chi connectivity index (χ0v) is 14.3. The first-order valence-electron chi connectivity index (χ1n) is 7.06. The van der Waals surface area contributed by atoms with Crippen molar-refractivity contribution in [2.45, 2.75) is 0 Å². The average Bonchev–Trinajstić information content (AvgIpc) is 3.00. The van der Waals surface area contributed by atoms with Crippen LogP contribution in [0.5, 0.6) is 5.75 Å². The van der Waals surface area contributed by atoms with Crippen LogP contribution in [0, 0.1) is 0 Å². The fourth-order valence-corrected chi connectivity index (χ4v) is 3.09. The van der Waals surface area contributed by atoms with Gasteiger partial charge in [0.2, 0.25) is 0 Å². The van der Waals surface area contributed by atoms with Crippen LogP contribution < -0.4 is 16.0 Å². The number of carbonyl (C=O) groups excluding carboxylic acids is 2. The Balaban J connectivity index is 2.14. The minimum Gasteiger partial charge on any atom is -0.496 e. The standard InChI is InChI=1S/C17H14BrN3O3/c1-24-15-7-6-10(8-13(15)18)17(23)21-9-12(16(22)20-19)11-4-2-3-5-14(11)21/h2-9H,19H2,1H3,(H,20,22). The Morgan fingerprint density at radius 1 is 1.21 bits per heavy atom. The molecule has 0 aliphatic heterocycles. The van der Waals surface area contributed by atoms with E-state index in [0.717, 1.165) is 0 Å². The summed E-state index contributed by atoms with van der Waals surface area (Å²) in [5, 5.41) is 0.654. The summed E-state index contributed by atoms with van der Waals surface area (Å²) in [7, 11) is 1.55. The van der Waals surface area contributed by atoms with Crippen LogP contribution >= 0.6 is 15.9 Å². The predicted octanol–water partition coefficient (Wildman–Crippen LogP) is 2.70. The van der Waals surface area contributed by atoms with Crippen LogP contribution in [0.4, 0.5) is 0 Å². The number of ether oxygens (including phenoxy) is 1. The van der Waals surface area contributed by atoms with E-state index < -0.39 is 5.91 Å². The van der Waals surface area contributed by atoms with Crippen LogP contribution in [0.2, 0.25) is 0 Å². The van der Waals surface area contributed by atoms with Crippen molar-refractivity contribution in [1.82, 2.24) is 9.99 Å². The van der Waals surface area contributed by atoms with Crippen molar-refractivity contribution in [3.8, 4) is 5.75 Å². The molecule has 0 spiro atoms. The number of methoxy groups -OCH3 is 1. The second-order valence-electron chi connectivity index (χ2n) is 5.06. The molecular weight excluding hydrogens is 374 g/mol. The number of rotatable bonds is 3. The van der Waals surface area contributed by atoms with Gasteiger partial charge in [-0.05, 0) is 40.2 Å². The first-order valence-corrected chi connectivity index (χ1v) is 7.85. The molecule has 122 valence electrons. The molecule has 0 bridgehead atoms. The van der Waals surface area contributed by atoms with Crippen LogP contribution in [-0.4, -0.2) is 23.5 Å². The highest BCUT2D eigenvalue weighted by atomic mass is 79.9. The normalized spacial score (nSPS) is 10.6. The molecule has 0 aliphatic carbocycles. The van der Waals surface area contributed by atoms with E-state index in [2.05, 4.69) is 21.4 Å². The first-order chi connectivity index (χ1) is 11.6. The van der Waals surface area contributed by atoms with E-state index in [-0.39, 0.29) is 5.91 Å². The third kappa shape index (κ3) is 2.68. The Bertz CT molecular complexity index is 949. The number of hydrogen-bond donors (Lipinski definition) is 2. The van der Waals surface area contributed by atoms with Gasteiger partial charge in [-0.15, -0.1) is 0 Å². The summed E-state index contributed by atoms with van der Waals surface area (Å²) < 4.78 is 7.29. The number of aromatic nitrogens is 1. The molecule has 24 heavy (non-hydrogen) atoms. The van der Waals surface area contributed by atoms with Crippen molar-refractivity contribution in [3.63, 3.8) is 0 Å². The van der Waals surface area contributed by atoms with E-state index >= 15 is 0 Å². The Morgan fingerprint density at radius 3 is 2.62 bits per heavy atom. The predicted molar refractivity (Wildman–Crippen MR) is 94.0 cm³/mol. The zero-order valence-electron chi connectivity index (χ0n) is 12.7. The topological polar surface area (TPSA) is 86.3 Å². The third-order valence-electron chi connectivity index (χ3n) is 3.71. The van der Waals surface area contributed by atoms with Gasteiger partial charge in [-0.2, -0.15) is 0 Å². The van der Waals surface area contributed by atoms with E-state index in [1.807, 2.05) is 0 Å². The summed E-state index contributed by atoms with van der Waals surface area (Å²) in [5.41, 5.74) is 3.54. The van der Waals surface area contributed by atoms with E-state index in [9.17, 15) is 9.59 Å². The summed E-state index contributed by atoms with van der Waals surface area (Å²) >= 11 is 3.37. The summed E-state index contributed by atoms with van der Waals surface area (Å²) in [6.45, 7) is 0. The lowest BCUT2D eigenvalue weighted by molar-refractivity contribution is 0.0955. The van der Waals surface area contributed by atoms with Crippen molar-refractivity contribution in [3.05, 3.63) is 64.3 Å².